The number of pyridine rings is 2. The molecule has 29 heavy (non-hydrogen) atoms. The van der Waals surface area contributed by atoms with E-state index in [2.05, 4.69) is 15.3 Å². The highest BCUT2D eigenvalue weighted by Crippen LogP contribution is 2.29. The van der Waals surface area contributed by atoms with E-state index in [9.17, 15) is 9.18 Å². The smallest absolute Gasteiger partial charge is 0.229 e. The Morgan fingerprint density at radius 3 is 2.79 bits per heavy atom. The van der Waals surface area contributed by atoms with Crippen LogP contribution in [0.2, 0.25) is 0 Å². The molecule has 0 aliphatic rings. The first-order valence-corrected chi connectivity index (χ1v) is 9.39. The second-order valence-corrected chi connectivity index (χ2v) is 6.60. The molecule has 3 aromatic rings. The molecule has 3 rings (SSSR count). The largest absolute Gasteiger partial charge is 0.369 e. The molecule has 1 aromatic carbocycles. The van der Waals surface area contributed by atoms with Crippen LogP contribution in [-0.4, -0.2) is 22.4 Å². The van der Waals surface area contributed by atoms with Gasteiger partial charge in [-0.25, -0.2) is 9.37 Å². The number of nitrogens with two attached hydrogens (primary N) is 1. The summed E-state index contributed by atoms with van der Waals surface area (Å²) in [6, 6.07) is 13.8. The summed E-state index contributed by atoms with van der Waals surface area (Å²) in [7, 11) is 0. The van der Waals surface area contributed by atoms with Gasteiger partial charge in [0.25, 0.3) is 0 Å². The predicted molar refractivity (Wildman–Crippen MR) is 113 cm³/mol. The number of hydrogen-bond donors (Lipinski definition) is 2. The topological polar surface area (TPSA) is 80.9 Å². The van der Waals surface area contributed by atoms with Gasteiger partial charge in [0.15, 0.2) is 0 Å². The van der Waals surface area contributed by atoms with Crippen LogP contribution < -0.4 is 11.1 Å². The van der Waals surface area contributed by atoms with Crippen molar-refractivity contribution in [3.63, 3.8) is 0 Å². The van der Waals surface area contributed by atoms with Crippen molar-refractivity contribution in [1.82, 2.24) is 9.97 Å². The van der Waals surface area contributed by atoms with Gasteiger partial charge in [-0.05, 0) is 54.8 Å². The Kier molecular flexibility index (Phi) is 6.68. The molecule has 2 aromatic heterocycles. The molecule has 6 heteroatoms. The lowest BCUT2D eigenvalue weighted by Crippen LogP contribution is -2.24. The third-order valence-corrected chi connectivity index (χ3v) is 4.49. The number of carbonyl (C=O) groups is 1. The van der Waals surface area contributed by atoms with Crippen LogP contribution in [0.5, 0.6) is 0 Å². The van der Waals surface area contributed by atoms with Gasteiger partial charge in [-0.15, -0.1) is 0 Å². The molecular formula is C23H23FN4O. The Labute approximate surface area is 169 Å². The molecule has 0 aliphatic heterocycles. The molecule has 0 saturated heterocycles. The molecule has 0 saturated carbocycles. The number of nitrogens with one attached hydrogen (secondary N) is 1. The minimum absolute atomic E-state index is 0.262. The highest BCUT2D eigenvalue weighted by molar-refractivity contribution is 5.87. The second kappa shape index (κ2) is 9.59. The fraction of sp³-hybridized carbons (Fsp3) is 0.174. The Hall–Kier alpha value is -3.54. The van der Waals surface area contributed by atoms with Gasteiger partial charge in [0.2, 0.25) is 5.91 Å². The van der Waals surface area contributed by atoms with Crippen LogP contribution >= 0.6 is 0 Å². The van der Waals surface area contributed by atoms with Crippen LogP contribution in [0.1, 0.15) is 35.2 Å². The minimum Gasteiger partial charge on any atom is -0.369 e. The Balaban J connectivity index is 1.90. The number of nitrogens with zero attached hydrogens (tertiary/aromatic N) is 2. The molecule has 0 bridgehead atoms. The number of amides is 1. The lowest BCUT2D eigenvalue weighted by molar-refractivity contribution is -0.118. The first-order valence-electron chi connectivity index (χ1n) is 9.39. The highest BCUT2D eigenvalue weighted by atomic mass is 19.1. The fourth-order valence-electron chi connectivity index (χ4n) is 3.18. The van der Waals surface area contributed by atoms with E-state index < -0.39 is 11.8 Å². The summed E-state index contributed by atoms with van der Waals surface area (Å²) in [5, 5.41) is 3.29. The zero-order chi connectivity index (χ0) is 20.6. The van der Waals surface area contributed by atoms with Gasteiger partial charge >= 0.3 is 0 Å². The molecule has 1 unspecified atom stereocenters. The van der Waals surface area contributed by atoms with E-state index >= 15 is 0 Å². The van der Waals surface area contributed by atoms with Crippen molar-refractivity contribution >= 4 is 17.8 Å². The molecule has 0 aliphatic carbocycles. The standard InChI is InChI=1S/C23H23FN4O/c1-2-5-19-9-10-20(21(22(25)29)17-7-4-12-26-15-17)23(28-19)27-13-11-16-6-3-8-18(24)14-16/h2-10,12,14-15,21H,11,13H2,1H3,(H2,25,29)(H,27,28)/b5-2+. The van der Waals surface area contributed by atoms with E-state index in [0.717, 1.165) is 11.3 Å². The Morgan fingerprint density at radius 1 is 1.24 bits per heavy atom. The van der Waals surface area contributed by atoms with Crippen molar-refractivity contribution < 1.29 is 9.18 Å². The third kappa shape index (κ3) is 5.25. The lowest BCUT2D eigenvalue weighted by Gasteiger charge is -2.19. The van der Waals surface area contributed by atoms with Crippen molar-refractivity contribution in [2.24, 2.45) is 5.73 Å². The molecule has 1 atom stereocenters. The summed E-state index contributed by atoms with van der Waals surface area (Å²) < 4.78 is 13.4. The number of halogens is 1. The third-order valence-electron chi connectivity index (χ3n) is 4.49. The monoisotopic (exact) mass is 390 g/mol. The quantitative estimate of drug-likeness (QED) is 0.611. The summed E-state index contributed by atoms with van der Waals surface area (Å²) in [5.41, 5.74) is 8.75. The van der Waals surface area contributed by atoms with E-state index in [4.69, 9.17) is 5.73 Å². The van der Waals surface area contributed by atoms with Crippen molar-refractivity contribution in [1.29, 1.82) is 0 Å². The van der Waals surface area contributed by atoms with E-state index in [1.807, 2.05) is 43.3 Å². The van der Waals surface area contributed by atoms with Crippen LogP contribution in [0.4, 0.5) is 10.2 Å². The summed E-state index contributed by atoms with van der Waals surface area (Å²) >= 11 is 0. The fourth-order valence-corrected chi connectivity index (χ4v) is 3.18. The summed E-state index contributed by atoms with van der Waals surface area (Å²) in [6.07, 6.45) is 7.66. The van der Waals surface area contributed by atoms with Gasteiger partial charge < -0.3 is 11.1 Å². The van der Waals surface area contributed by atoms with Gasteiger partial charge in [0.1, 0.15) is 11.6 Å². The maximum atomic E-state index is 13.4. The highest BCUT2D eigenvalue weighted by Gasteiger charge is 2.24. The molecular weight excluding hydrogens is 367 g/mol. The van der Waals surface area contributed by atoms with E-state index in [1.165, 1.54) is 12.1 Å². The number of primary amides is 1. The van der Waals surface area contributed by atoms with Gasteiger partial charge in [-0.3, -0.25) is 9.78 Å². The zero-order valence-corrected chi connectivity index (χ0v) is 16.2. The summed E-state index contributed by atoms with van der Waals surface area (Å²) in [4.78, 5) is 21.0. The molecule has 3 N–H and O–H groups in total. The molecule has 148 valence electrons. The number of hydrogen-bond acceptors (Lipinski definition) is 4. The molecule has 0 fully saturated rings. The predicted octanol–water partition coefficient (Wildman–Crippen LogP) is 3.92. The van der Waals surface area contributed by atoms with E-state index in [0.29, 0.717) is 29.9 Å². The maximum absolute atomic E-state index is 13.4. The van der Waals surface area contributed by atoms with Gasteiger partial charge in [-0.2, -0.15) is 0 Å². The molecule has 1 amide bonds. The van der Waals surface area contributed by atoms with Crippen LogP contribution in [0.25, 0.3) is 6.08 Å². The van der Waals surface area contributed by atoms with Crippen molar-refractivity contribution in [3.8, 4) is 0 Å². The van der Waals surface area contributed by atoms with Gasteiger partial charge in [-0.1, -0.05) is 30.3 Å². The molecule has 5 nitrogen and oxygen atoms in total. The summed E-state index contributed by atoms with van der Waals surface area (Å²) in [6.45, 7) is 2.44. The number of rotatable bonds is 8. The number of benzene rings is 1. The number of carbonyl (C=O) groups excluding carboxylic acids is 1. The number of allylic oxidation sites excluding steroid dienone is 1. The minimum atomic E-state index is -0.674. The van der Waals surface area contributed by atoms with E-state index in [1.54, 1.807) is 24.5 Å². The number of aromatic nitrogens is 2. The van der Waals surface area contributed by atoms with Crippen molar-refractivity contribution in [3.05, 3.63) is 95.2 Å². The first kappa shape index (κ1) is 20.2. The van der Waals surface area contributed by atoms with Crippen LogP contribution in [-0.2, 0) is 11.2 Å². The van der Waals surface area contributed by atoms with Crippen LogP contribution in [0, 0.1) is 5.82 Å². The van der Waals surface area contributed by atoms with Gasteiger partial charge in [0, 0.05) is 24.5 Å². The lowest BCUT2D eigenvalue weighted by atomic mass is 9.91. The van der Waals surface area contributed by atoms with Crippen molar-refractivity contribution in [2.75, 3.05) is 11.9 Å². The average Bonchev–Trinajstić information content (AvgIpc) is 2.70. The molecule has 2 heterocycles. The average molecular weight is 390 g/mol. The maximum Gasteiger partial charge on any atom is 0.229 e. The van der Waals surface area contributed by atoms with Crippen molar-refractivity contribution in [2.45, 2.75) is 19.3 Å². The first-order chi connectivity index (χ1) is 14.1. The summed E-state index contributed by atoms with van der Waals surface area (Å²) in [5.74, 6) is -0.842. The SMILES string of the molecule is C/C=C/c1ccc(C(C(N)=O)c2cccnc2)c(NCCc2cccc(F)c2)n1. The van der Waals surface area contributed by atoms with Crippen LogP contribution in [0.3, 0.4) is 0 Å². The molecule has 0 spiro atoms. The second-order valence-electron chi connectivity index (χ2n) is 6.60. The number of anilines is 1. The normalized spacial score (nSPS) is 12.1. The van der Waals surface area contributed by atoms with Crippen LogP contribution in [0.15, 0.2) is 67.0 Å². The zero-order valence-electron chi connectivity index (χ0n) is 16.2. The van der Waals surface area contributed by atoms with Gasteiger partial charge in [0.05, 0.1) is 11.6 Å². The Bertz CT molecular complexity index is 1000. The van der Waals surface area contributed by atoms with E-state index in [-0.39, 0.29) is 5.82 Å². The molecule has 0 radical (unpaired) electrons. The Morgan fingerprint density at radius 2 is 2.10 bits per heavy atom.